The van der Waals surface area contributed by atoms with Gasteiger partial charge in [-0.3, -0.25) is 14.9 Å². The third-order valence-corrected chi connectivity index (χ3v) is 7.06. The Morgan fingerprint density at radius 1 is 1.14 bits per heavy atom. The van der Waals surface area contributed by atoms with E-state index in [0.717, 1.165) is 17.4 Å². The number of aromatic nitrogens is 2. The number of anilines is 2. The van der Waals surface area contributed by atoms with Crippen molar-refractivity contribution in [2.24, 2.45) is 11.8 Å². The lowest BCUT2D eigenvalue weighted by Gasteiger charge is -2.22. The number of carbonyl (C=O) groups excluding carboxylic acids is 3. The molecule has 1 aromatic carbocycles. The second-order valence-corrected chi connectivity index (χ2v) is 9.77. The minimum Gasteiger partial charge on any atom is -0.475 e. The number of nitrogens with zero attached hydrogens (tertiary/aromatic N) is 4. The first-order valence-corrected chi connectivity index (χ1v) is 12.4. The minimum absolute atomic E-state index is 0.0947. The summed E-state index contributed by atoms with van der Waals surface area (Å²) in [6.45, 7) is 3.42. The molecule has 3 fully saturated rings. The molecule has 2 N–H and O–H groups in total. The Bertz CT molecular complexity index is 1180. The van der Waals surface area contributed by atoms with E-state index in [-0.39, 0.29) is 10.9 Å². The van der Waals surface area contributed by atoms with Crippen LogP contribution in [-0.4, -0.2) is 78.5 Å². The van der Waals surface area contributed by atoms with E-state index in [1.54, 1.807) is 19.3 Å². The van der Waals surface area contributed by atoms with Gasteiger partial charge >= 0.3 is 6.03 Å². The van der Waals surface area contributed by atoms with Crippen molar-refractivity contribution in [1.29, 1.82) is 0 Å². The molecule has 3 saturated heterocycles. The highest BCUT2D eigenvalue weighted by molar-refractivity contribution is 8.18. The van der Waals surface area contributed by atoms with Gasteiger partial charge in [0, 0.05) is 56.9 Å². The maximum Gasteiger partial charge on any atom is 0.321 e. The first-order valence-electron chi connectivity index (χ1n) is 11.6. The number of urea groups is 1. The molecule has 2 unspecified atom stereocenters. The van der Waals surface area contributed by atoms with Gasteiger partial charge in [-0.15, -0.1) is 0 Å². The van der Waals surface area contributed by atoms with Crippen molar-refractivity contribution in [2.75, 3.05) is 56.7 Å². The van der Waals surface area contributed by atoms with Crippen LogP contribution in [0.3, 0.4) is 0 Å². The van der Waals surface area contributed by atoms with Gasteiger partial charge in [-0.05, 0) is 30.0 Å². The van der Waals surface area contributed by atoms with Crippen molar-refractivity contribution >= 4 is 46.7 Å². The van der Waals surface area contributed by atoms with Crippen molar-refractivity contribution in [2.45, 2.75) is 0 Å². The molecule has 1 aromatic heterocycles. The number of benzene rings is 1. The molecule has 11 nitrogen and oxygen atoms in total. The van der Waals surface area contributed by atoms with Crippen LogP contribution in [-0.2, 0) is 9.53 Å². The molecule has 188 valence electrons. The van der Waals surface area contributed by atoms with Gasteiger partial charge < -0.3 is 24.6 Å². The average Bonchev–Trinajstić information content (AvgIpc) is 3.53. The summed E-state index contributed by atoms with van der Waals surface area (Å²) in [5.41, 5.74) is 1.25. The molecule has 0 aliphatic carbocycles. The SMILES string of the molecule is COCCOc1cc(/C=C2/SC(=O)NC2=O)nc(N2CC3CN(C(=O)Nc4ccccc4)CC3C2)n1. The predicted octanol–water partition coefficient (Wildman–Crippen LogP) is 2.43. The number of hydrogen-bond donors (Lipinski definition) is 2. The van der Waals surface area contributed by atoms with Crippen LogP contribution in [0, 0.1) is 11.8 Å². The molecule has 2 atom stereocenters. The summed E-state index contributed by atoms with van der Waals surface area (Å²) >= 11 is 0.834. The molecule has 0 spiro atoms. The van der Waals surface area contributed by atoms with Crippen LogP contribution < -0.4 is 20.3 Å². The molecule has 36 heavy (non-hydrogen) atoms. The van der Waals surface area contributed by atoms with Crippen LogP contribution in [0.2, 0.25) is 0 Å². The fraction of sp³-hybridized carbons (Fsp3) is 0.375. The highest BCUT2D eigenvalue weighted by Gasteiger charge is 2.42. The van der Waals surface area contributed by atoms with Crippen LogP contribution >= 0.6 is 11.8 Å². The Morgan fingerprint density at radius 2 is 1.89 bits per heavy atom. The molecule has 4 heterocycles. The Hall–Kier alpha value is -3.64. The van der Waals surface area contributed by atoms with E-state index in [9.17, 15) is 14.4 Å². The number of fused-ring (bicyclic) bond motifs is 1. The monoisotopic (exact) mass is 510 g/mol. The molecular formula is C24H26N6O5S. The Balaban J connectivity index is 1.28. The third kappa shape index (κ3) is 5.44. The highest BCUT2D eigenvalue weighted by Crippen LogP contribution is 2.34. The van der Waals surface area contributed by atoms with Crippen molar-refractivity contribution in [1.82, 2.24) is 20.2 Å². The lowest BCUT2D eigenvalue weighted by molar-refractivity contribution is -0.115. The number of para-hydroxylation sites is 1. The Morgan fingerprint density at radius 3 is 2.56 bits per heavy atom. The van der Waals surface area contributed by atoms with Gasteiger partial charge in [0.15, 0.2) is 0 Å². The predicted molar refractivity (Wildman–Crippen MR) is 135 cm³/mol. The summed E-state index contributed by atoms with van der Waals surface area (Å²) in [5, 5.41) is 4.79. The molecular weight excluding hydrogens is 484 g/mol. The summed E-state index contributed by atoms with van der Waals surface area (Å²) in [7, 11) is 1.59. The zero-order valence-corrected chi connectivity index (χ0v) is 20.5. The Labute approximate surface area is 212 Å². The van der Waals surface area contributed by atoms with Crippen LogP contribution in [0.4, 0.5) is 21.2 Å². The number of imide groups is 1. The first kappa shape index (κ1) is 24.1. The number of hydrogen-bond acceptors (Lipinski definition) is 9. The second-order valence-electron chi connectivity index (χ2n) is 8.75. The molecule has 12 heteroatoms. The number of amides is 4. The molecule has 3 aliphatic heterocycles. The van der Waals surface area contributed by atoms with Crippen molar-refractivity contribution in [3.8, 4) is 5.88 Å². The summed E-state index contributed by atoms with van der Waals surface area (Å²) in [6.07, 6.45) is 1.56. The number of methoxy groups -OCH3 is 1. The molecule has 5 rings (SSSR count). The van der Waals surface area contributed by atoms with Gasteiger partial charge in [-0.25, -0.2) is 9.78 Å². The van der Waals surface area contributed by atoms with Crippen molar-refractivity contribution in [3.63, 3.8) is 0 Å². The second kappa shape index (κ2) is 10.5. The van der Waals surface area contributed by atoms with Gasteiger partial charge in [0.25, 0.3) is 11.1 Å². The zero-order chi connectivity index (χ0) is 25.1. The van der Waals surface area contributed by atoms with Gasteiger partial charge in [-0.2, -0.15) is 4.98 Å². The topological polar surface area (TPSA) is 126 Å². The first-order chi connectivity index (χ1) is 17.5. The standard InChI is InChI=1S/C24H26N6O5S/c1-34-7-8-35-20-10-18(9-19-21(31)28-24(33)36-19)25-22(27-20)29-11-15-13-30(14-16(15)12-29)23(32)26-17-5-3-2-4-6-17/h2-6,9-10,15-16H,7-8,11-14H2,1H3,(H,26,32)(H,28,31,33)/b19-9+. The third-order valence-electron chi connectivity index (χ3n) is 6.25. The molecule has 0 radical (unpaired) electrons. The number of likely N-dealkylation sites (tertiary alicyclic amines) is 1. The van der Waals surface area contributed by atoms with E-state index in [4.69, 9.17) is 9.47 Å². The van der Waals surface area contributed by atoms with Gasteiger partial charge in [0.1, 0.15) is 6.61 Å². The van der Waals surface area contributed by atoms with E-state index in [2.05, 4.69) is 25.5 Å². The maximum atomic E-state index is 12.7. The number of nitrogens with one attached hydrogen (secondary N) is 2. The molecule has 0 bridgehead atoms. The van der Waals surface area contributed by atoms with Crippen LogP contribution in [0.5, 0.6) is 5.88 Å². The fourth-order valence-corrected chi connectivity index (χ4v) is 5.22. The van der Waals surface area contributed by atoms with E-state index >= 15 is 0 Å². The fourth-order valence-electron chi connectivity index (χ4n) is 4.55. The maximum absolute atomic E-state index is 12.7. The van der Waals surface area contributed by atoms with Gasteiger partial charge in [-0.1, -0.05) is 18.2 Å². The molecule has 4 amide bonds. The van der Waals surface area contributed by atoms with Crippen LogP contribution in [0.1, 0.15) is 5.69 Å². The number of rotatable bonds is 7. The van der Waals surface area contributed by atoms with Crippen molar-refractivity contribution in [3.05, 3.63) is 47.0 Å². The van der Waals surface area contributed by atoms with Gasteiger partial charge in [0.2, 0.25) is 11.8 Å². The van der Waals surface area contributed by atoms with Crippen LogP contribution in [0.25, 0.3) is 6.08 Å². The summed E-state index contributed by atoms with van der Waals surface area (Å²) in [6, 6.07) is 11.0. The largest absolute Gasteiger partial charge is 0.475 e. The van der Waals surface area contributed by atoms with Gasteiger partial charge in [0.05, 0.1) is 17.2 Å². The summed E-state index contributed by atoms with van der Waals surface area (Å²) < 4.78 is 10.8. The lowest BCUT2D eigenvalue weighted by Crippen LogP contribution is -2.36. The smallest absolute Gasteiger partial charge is 0.321 e. The zero-order valence-electron chi connectivity index (χ0n) is 19.7. The van der Waals surface area contributed by atoms with E-state index in [1.807, 2.05) is 35.2 Å². The molecule has 3 aliphatic rings. The minimum atomic E-state index is -0.448. The Kier molecular flexibility index (Phi) is 7.05. The normalized spacial score (nSPS) is 22.2. The highest BCUT2D eigenvalue weighted by atomic mass is 32.2. The quantitative estimate of drug-likeness (QED) is 0.427. The number of ether oxygens (including phenoxy) is 2. The van der Waals surface area contributed by atoms with E-state index in [0.29, 0.717) is 68.8 Å². The van der Waals surface area contributed by atoms with E-state index in [1.165, 1.54) is 0 Å². The average molecular weight is 511 g/mol. The molecule has 0 saturated carbocycles. The number of carbonyl (C=O) groups is 3. The van der Waals surface area contributed by atoms with Crippen LogP contribution in [0.15, 0.2) is 41.3 Å². The van der Waals surface area contributed by atoms with E-state index < -0.39 is 11.1 Å². The van der Waals surface area contributed by atoms with Crippen molar-refractivity contribution < 1.29 is 23.9 Å². The lowest BCUT2D eigenvalue weighted by atomic mass is 10.0. The summed E-state index contributed by atoms with van der Waals surface area (Å²) in [4.78, 5) is 49.7. The summed E-state index contributed by atoms with van der Waals surface area (Å²) in [5.74, 6) is 0.991. The molecule has 2 aromatic rings. The number of thioether (sulfide) groups is 1.